The molecule has 0 aromatic carbocycles. The van der Waals surface area contributed by atoms with Crippen LogP contribution in [0.25, 0.3) is 0 Å². The number of esters is 2. The minimum absolute atomic E-state index is 0.00548. The van der Waals surface area contributed by atoms with Crippen molar-refractivity contribution < 1.29 is 19.1 Å². The maximum absolute atomic E-state index is 11.7. The van der Waals surface area contributed by atoms with Crippen molar-refractivity contribution in [2.75, 3.05) is 0 Å². The first kappa shape index (κ1) is 18.5. The Labute approximate surface area is 122 Å². The largest absolute Gasteiger partial charge is 0.462 e. The summed E-state index contributed by atoms with van der Waals surface area (Å²) in [7, 11) is 0. The molecule has 0 radical (unpaired) electrons. The zero-order valence-electron chi connectivity index (χ0n) is 12.8. The Morgan fingerprint density at radius 2 is 1.55 bits per heavy atom. The van der Waals surface area contributed by atoms with E-state index >= 15 is 0 Å². The summed E-state index contributed by atoms with van der Waals surface area (Å²) in [5, 5.41) is 0. The third-order valence-corrected chi connectivity index (χ3v) is 2.82. The van der Waals surface area contributed by atoms with Crippen molar-refractivity contribution in [2.45, 2.75) is 77.9 Å². The first-order valence-corrected chi connectivity index (χ1v) is 7.38. The smallest absolute Gasteiger partial charge is 0.307 e. The third kappa shape index (κ3) is 9.43. The van der Waals surface area contributed by atoms with E-state index in [-0.39, 0.29) is 30.9 Å². The first-order chi connectivity index (χ1) is 9.53. The molecule has 0 bridgehead atoms. The Morgan fingerprint density at radius 3 is 2.00 bits per heavy atom. The standard InChI is InChI=1S/C16H26O4/c1-5-9-14(10-6-2)20-16(18)12-8-11-15(17)19-13(4)7-3/h3,13-14H,5-6,8-12H2,1-2,4H3. The SMILES string of the molecule is C#CC(C)OC(=O)CCCC(=O)OC(CCC)CCC. The maximum atomic E-state index is 11.7. The van der Waals surface area contributed by atoms with Gasteiger partial charge in [-0.25, -0.2) is 0 Å². The molecule has 0 fully saturated rings. The highest BCUT2D eigenvalue weighted by Crippen LogP contribution is 2.11. The highest BCUT2D eigenvalue weighted by atomic mass is 16.5. The van der Waals surface area contributed by atoms with Crippen molar-refractivity contribution in [3.05, 3.63) is 0 Å². The predicted octanol–water partition coefficient (Wildman–Crippen LogP) is 3.23. The van der Waals surface area contributed by atoms with Crippen LogP contribution in [0.15, 0.2) is 0 Å². The molecule has 20 heavy (non-hydrogen) atoms. The van der Waals surface area contributed by atoms with E-state index in [4.69, 9.17) is 15.9 Å². The highest BCUT2D eigenvalue weighted by molar-refractivity contribution is 5.72. The molecule has 0 heterocycles. The van der Waals surface area contributed by atoms with Crippen molar-refractivity contribution in [2.24, 2.45) is 0 Å². The van der Waals surface area contributed by atoms with Gasteiger partial charge in [-0.1, -0.05) is 32.6 Å². The summed E-state index contributed by atoms with van der Waals surface area (Å²) < 4.78 is 10.3. The Balaban J connectivity index is 3.87. The van der Waals surface area contributed by atoms with Crippen LogP contribution in [0.2, 0.25) is 0 Å². The van der Waals surface area contributed by atoms with Gasteiger partial charge in [0.15, 0.2) is 6.10 Å². The van der Waals surface area contributed by atoms with Gasteiger partial charge in [-0.3, -0.25) is 9.59 Å². The van der Waals surface area contributed by atoms with Crippen molar-refractivity contribution in [1.29, 1.82) is 0 Å². The molecule has 0 N–H and O–H groups in total. The molecule has 1 atom stereocenters. The summed E-state index contributed by atoms with van der Waals surface area (Å²) in [4.78, 5) is 23.0. The second kappa shape index (κ2) is 11.3. The molecule has 4 heteroatoms. The predicted molar refractivity (Wildman–Crippen MR) is 77.9 cm³/mol. The number of carbonyl (C=O) groups excluding carboxylic acids is 2. The van der Waals surface area contributed by atoms with Crippen LogP contribution in [0.1, 0.15) is 65.7 Å². The maximum Gasteiger partial charge on any atom is 0.307 e. The summed E-state index contributed by atoms with van der Waals surface area (Å²) in [6.07, 6.45) is 9.22. The lowest BCUT2D eigenvalue weighted by Crippen LogP contribution is -2.18. The fraction of sp³-hybridized carbons (Fsp3) is 0.750. The van der Waals surface area contributed by atoms with Gasteiger partial charge in [0.05, 0.1) is 0 Å². The van der Waals surface area contributed by atoms with Crippen LogP contribution < -0.4 is 0 Å². The van der Waals surface area contributed by atoms with Crippen LogP contribution in [0.5, 0.6) is 0 Å². The Kier molecular flexibility index (Phi) is 10.5. The third-order valence-electron chi connectivity index (χ3n) is 2.82. The summed E-state index contributed by atoms with van der Waals surface area (Å²) in [5.74, 6) is 1.70. The molecule has 114 valence electrons. The number of ether oxygens (including phenoxy) is 2. The lowest BCUT2D eigenvalue weighted by Gasteiger charge is -2.16. The Hall–Kier alpha value is -1.50. The molecule has 0 saturated carbocycles. The van der Waals surface area contributed by atoms with Gasteiger partial charge in [-0.15, -0.1) is 6.42 Å². The Morgan fingerprint density at radius 1 is 1.05 bits per heavy atom. The highest BCUT2D eigenvalue weighted by Gasteiger charge is 2.14. The average molecular weight is 282 g/mol. The summed E-state index contributed by atoms with van der Waals surface area (Å²) in [5.41, 5.74) is 0. The van der Waals surface area contributed by atoms with Crippen molar-refractivity contribution in [1.82, 2.24) is 0 Å². The second-order valence-electron chi connectivity index (χ2n) is 4.84. The molecule has 0 aliphatic carbocycles. The normalized spacial score (nSPS) is 11.8. The minimum Gasteiger partial charge on any atom is -0.462 e. The van der Waals surface area contributed by atoms with E-state index in [1.165, 1.54) is 0 Å². The van der Waals surface area contributed by atoms with Gasteiger partial charge in [0, 0.05) is 12.8 Å². The van der Waals surface area contributed by atoms with E-state index in [2.05, 4.69) is 19.8 Å². The molecular formula is C16H26O4. The summed E-state index contributed by atoms with van der Waals surface area (Å²) in [6, 6.07) is 0. The van der Waals surface area contributed by atoms with Gasteiger partial charge in [0.2, 0.25) is 0 Å². The molecular weight excluding hydrogens is 256 g/mol. The van der Waals surface area contributed by atoms with E-state index in [9.17, 15) is 9.59 Å². The van der Waals surface area contributed by atoms with Crippen LogP contribution in [0, 0.1) is 12.3 Å². The lowest BCUT2D eigenvalue weighted by atomic mass is 10.1. The molecule has 0 aliphatic rings. The van der Waals surface area contributed by atoms with Gasteiger partial charge >= 0.3 is 11.9 Å². The quantitative estimate of drug-likeness (QED) is 0.456. The van der Waals surface area contributed by atoms with Gasteiger partial charge in [-0.05, 0) is 26.2 Å². The van der Waals surface area contributed by atoms with E-state index in [0.29, 0.717) is 6.42 Å². The first-order valence-electron chi connectivity index (χ1n) is 7.38. The molecule has 0 amide bonds. The van der Waals surface area contributed by atoms with Gasteiger partial charge in [-0.2, -0.15) is 0 Å². The number of carbonyl (C=O) groups is 2. The number of hydrogen-bond acceptors (Lipinski definition) is 4. The van der Waals surface area contributed by atoms with E-state index in [1.807, 2.05) is 0 Å². The van der Waals surface area contributed by atoms with Crippen molar-refractivity contribution in [3.8, 4) is 12.3 Å². The molecule has 0 spiro atoms. The fourth-order valence-electron chi connectivity index (χ4n) is 1.82. The number of hydrogen-bond donors (Lipinski definition) is 0. The zero-order chi connectivity index (χ0) is 15.4. The van der Waals surface area contributed by atoms with Crippen LogP contribution in [0.4, 0.5) is 0 Å². The summed E-state index contributed by atoms with van der Waals surface area (Å²) >= 11 is 0. The molecule has 0 aromatic heterocycles. The molecule has 0 rings (SSSR count). The molecule has 0 saturated heterocycles. The van der Waals surface area contributed by atoms with E-state index in [0.717, 1.165) is 25.7 Å². The van der Waals surface area contributed by atoms with Crippen LogP contribution in [-0.4, -0.2) is 24.1 Å². The second-order valence-corrected chi connectivity index (χ2v) is 4.84. The van der Waals surface area contributed by atoms with Gasteiger partial charge in [0.1, 0.15) is 6.10 Å². The molecule has 1 unspecified atom stereocenters. The molecule has 0 aliphatic heterocycles. The van der Waals surface area contributed by atoms with Crippen LogP contribution in [-0.2, 0) is 19.1 Å². The average Bonchev–Trinajstić information content (AvgIpc) is 2.39. The number of rotatable bonds is 10. The van der Waals surface area contributed by atoms with E-state index in [1.54, 1.807) is 6.92 Å². The minimum atomic E-state index is -0.520. The van der Waals surface area contributed by atoms with E-state index < -0.39 is 6.10 Å². The fourth-order valence-corrected chi connectivity index (χ4v) is 1.82. The zero-order valence-corrected chi connectivity index (χ0v) is 12.8. The van der Waals surface area contributed by atoms with Crippen LogP contribution >= 0.6 is 0 Å². The van der Waals surface area contributed by atoms with Gasteiger partial charge < -0.3 is 9.47 Å². The van der Waals surface area contributed by atoms with Crippen molar-refractivity contribution in [3.63, 3.8) is 0 Å². The Bertz CT molecular complexity index is 324. The molecule has 4 nitrogen and oxygen atoms in total. The lowest BCUT2D eigenvalue weighted by molar-refractivity contribution is -0.150. The van der Waals surface area contributed by atoms with Crippen molar-refractivity contribution >= 4 is 11.9 Å². The topological polar surface area (TPSA) is 52.6 Å². The van der Waals surface area contributed by atoms with Crippen LogP contribution in [0.3, 0.4) is 0 Å². The summed E-state index contributed by atoms with van der Waals surface area (Å²) in [6.45, 7) is 5.77. The molecule has 0 aromatic rings. The monoisotopic (exact) mass is 282 g/mol. The van der Waals surface area contributed by atoms with Gasteiger partial charge in [0.25, 0.3) is 0 Å². The number of terminal acetylenes is 1.